The summed E-state index contributed by atoms with van der Waals surface area (Å²) < 4.78 is 5.45. The summed E-state index contributed by atoms with van der Waals surface area (Å²) in [7, 11) is 0. The fourth-order valence-electron chi connectivity index (χ4n) is 3.22. The van der Waals surface area contributed by atoms with Crippen LogP contribution in [0.5, 0.6) is 0 Å². The van der Waals surface area contributed by atoms with E-state index in [-0.39, 0.29) is 25.1 Å². The molecule has 2 aliphatic heterocycles. The second-order valence-electron chi connectivity index (χ2n) is 6.26. The van der Waals surface area contributed by atoms with E-state index in [1.807, 2.05) is 48.5 Å². The van der Waals surface area contributed by atoms with Gasteiger partial charge in [0.1, 0.15) is 0 Å². The summed E-state index contributed by atoms with van der Waals surface area (Å²) in [6.45, 7) is 3.10. The molecule has 0 radical (unpaired) electrons. The molecule has 140 valence electrons. The lowest BCUT2D eigenvalue weighted by atomic mass is 10.2. The van der Waals surface area contributed by atoms with Gasteiger partial charge in [-0.1, -0.05) is 47.9 Å². The normalized spacial score (nSPS) is 15.0. The number of fused-ring (bicyclic) bond motifs is 2. The summed E-state index contributed by atoms with van der Waals surface area (Å²) in [6, 6.07) is 15.8. The Balaban J connectivity index is 0.00000210. The van der Waals surface area contributed by atoms with Gasteiger partial charge >= 0.3 is 6.09 Å². The average Bonchev–Trinajstić information content (AvgIpc) is 3.19. The van der Waals surface area contributed by atoms with Gasteiger partial charge in [-0.05, 0) is 50.2 Å². The van der Waals surface area contributed by atoms with E-state index < -0.39 is 0 Å². The smallest absolute Gasteiger partial charge is 0.419 e. The molecule has 0 bridgehead atoms. The number of carbonyl (C=O) groups excluding carboxylic acids is 1. The standard InChI is InChI=1S/C21H20N2O2S.ClH/c24-21(25-16-8-7-15-22-13-5-6-14-22)23-17-9-1-3-11-19(17)26-20-12-4-2-10-18(20)23;/h1-4,9-12H,5-6,13-16H2;1H. The van der Waals surface area contributed by atoms with Gasteiger partial charge in [-0.25, -0.2) is 9.69 Å². The van der Waals surface area contributed by atoms with Crippen LogP contribution in [-0.4, -0.2) is 37.2 Å². The molecule has 2 heterocycles. The summed E-state index contributed by atoms with van der Waals surface area (Å²) >= 11 is 1.67. The zero-order valence-corrected chi connectivity index (χ0v) is 16.5. The van der Waals surface area contributed by atoms with Crippen molar-refractivity contribution in [2.45, 2.75) is 22.6 Å². The van der Waals surface area contributed by atoms with Crippen LogP contribution in [0.25, 0.3) is 0 Å². The van der Waals surface area contributed by atoms with Crippen LogP contribution >= 0.6 is 24.2 Å². The number of halogens is 1. The summed E-state index contributed by atoms with van der Waals surface area (Å²) in [4.78, 5) is 18.8. The lowest BCUT2D eigenvalue weighted by Crippen LogP contribution is -2.29. The van der Waals surface area contributed by atoms with Gasteiger partial charge in [-0.3, -0.25) is 4.90 Å². The molecule has 1 saturated heterocycles. The number of anilines is 2. The Kier molecular flexibility index (Phi) is 6.68. The molecule has 0 spiro atoms. The van der Waals surface area contributed by atoms with Gasteiger partial charge in [-0.15, -0.1) is 12.4 Å². The summed E-state index contributed by atoms with van der Waals surface area (Å²) in [5.41, 5.74) is 1.71. The third-order valence-corrected chi connectivity index (χ3v) is 5.64. The Hall–Kier alpha value is -2.13. The highest BCUT2D eigenvalue weighted by Crippen LogP contribution is 2.47. The van der Waals surface area contributed by atoms with Crippen molar-refractivity contribution in [1.82, 2.24) is 4.90 Å². The molecule has 4 nitrogen and oxygen atoms in total. The molecule has 1 fully saturated rings. The molecule has 0 aliphatic carbocycles. The van der Waals surface area contributed by atoms with Crippen molar-refractivity contribution in [2.24, 2.45) is 0 Å². The molecule has 2 aromatic carbocycles. The number of hydrogen-bond acceptors (Lipinski definition) is 4. The molecule has 27 heavy (non-hydrogen) atoms. The van der Waals surface area contributed by atoms with Crippen molar-refractivity contribution in [2.75, 3.05) is 31.1 Å². The third-order valence-electron chi connectivity index (χ3n) is 4.51. The van der Waals surface area contributed by atoms with Gasteiger partial charge in [0.05, 0.1) is 17.9 Å². The van der Waals surface area contributed by atoms with Crippen LogP contribution in [0.1, 0.15) is 12.8 Å². The number of hydrogen-bond donors (Lipinski definition) is 0. The molecule has 0 aromatic heterocycles. The summed E-state index contributed by atoms with van der Waals surface area (Å²) in [5.74, 6) is 6.06. The Morgan fingerprint density at radius 1 is 0.963 bits per heavy atom. The van der Waals surface area contributed by atoms with Crippen molar-refractivity contribution in [3.05, 3.63) is 48.5 Å². The Bertz CT molecular complexity index is 826. The topological polar surface area (TPSA) is 32.8 Å². The molecule has 2 aromatic rings. The highest BCUT2D eigenvalue weighted by Gasteiger charge is 2.28. The number of ether oxygens (including phenoxy) is 1. The number of rotatable bonds is 2. The van der Waals surface area contributed by atoms with Gasteiger partial charge < -0.3 is 4.74 Å². The fourth-order valence-corrected chi connectivity index (χ4v) is 4.28. The zero-order chi connectivity index (χ0) is 17.8. The minimum Gasteiger partial charge on any atom is -0.436 e. The van der Waals surface area contributed by atoms with Gasteiger partial charge in [0.25, 0.3) is 0 Å². The number of likely N-dealkylation sites (tertiary alicyclic amines) is 1. The zero-order valence-electron chi connectivity index (χ0n) is 14.9. The van der Waals surface area contributed by atoms with E-state index in [4.69, 9.17) is 4.74 Å². The van der Waals surface area contributed by atoms with E-state index in [0.29, 0.717) is 0 Å². The van der Waals surface area contributed by atoms with Crippen molar-refractivity contribution in [3.63, 3.8) is 0 Å². The van der Waals surface area contributed by atoms with Crippen LogP contribution in [0, 0.1) is 11.8 Å². The van der Waals surface area contributed by atoms with E-state index in [2.05, 4.69) is 16.7 Å². The Labute approximate surface area is 170 Å². The van der Waals surface area contributed by atoms with Crippen LogP contribution in [-0.2, 0) is 4.74 Å². The second-order valence-corrected chi connectivity index (χ2v) is 7.35. The van der Waals surface area contributed by atoms with Gasteiger partial charge in [-0.2, -0.15) is 0 Å². The highest BCUT2D eigenvalue weighted by atomic mass is 35.5. The first-order chi connectivity index (χ1) is 12.8. The number of nitrogens with zero attached hydrogens (tertiary/aromatic N) is 2. The molecule has 6 heteroatoms. The van der Waals surface area contributed by atoms with Crippen molar-refractivity contribution < 1.29 is 9.53 Å². The summed E-state index contributed by atoms with van der Waals surface area (Å²) in [5, 5.41) is 0. The van der Waals surface area contributed by atoms with E-state index in [1.165, 1.54) is 12.8 Å². The minimum absolute atomic E-state index is 0. The molecule has 0 unspecified atom stereocenters. The second kappa shape index (κ2) is 9.18. The van der Waals surface area contributed by atoms with Crippen LogP contribution in [0.2, 0.25) is 0 Å². The van der Waals surface area contributed by atoms with E-state index >= 15 is 0 Å². The fraction of sp³-hybridized carbons (Fsp3) is 0.286. The highest BCUT2D eigenvalue weighted by molar-refractivity contribution is 7.99. The van der Waals surface area contributed by atoms with Crippen LogP contribution in [0.3, 0.4) is 0 Å². The van der Waals surface area contributed by atoms with Gasteiger partial charge in [0.15, 0.2) is 6.61 Å². The SMILES string of the molecule is Cl.O=C(OCC#CCN1CCCC1)N1c2ccccc2Sc2ccccc21. The average molecular weight is 401 g/mol. The number of benzene rings is 2. The molecule has 2 aliphatic rings. The largest absolute Gasteiger partial charge is 0.436 e. The molecular weight excluding hydrogens is 380 g/mol. The first-order valence-electron chi connectivity index (χ1n) is 8.84. The maximum absolute atomic E-state index is 12.8. The maximum atomic E-state index is 12.8. The molecule has 4 rings (SSSR count). The first kappa shape index (κ1) is 19.6. The van der Waals surface area contributed by atoms with Crippen molar-refractivity contribution in [1.29, 1.82) is 0 Å². The van der Waals surface area contributed by atoms with Crippen molar-refractivity contribution in [3.8, 4) is 11.8 Å². The molecular formula is C21H21ClN2O2S. The van der Waals surface area contributed by atoms with E-state index in [1.54, 1.807) is 16.7 Å². The molecule has 0 saturated carbocycles. The predicted molar refractivity (Wildman–Crippen MR) is 111 cm³/mol. The predicted octanol–water partition coefficient (Wildman–Crippen LogP) is 4.95. The van der Waals surface area contributed by atoms with Gasteiger partial charge in [0, 0.05) is 9.79 Å². The van der Waals surface area contributed by atoms with E-state index in [9.17, 15) is 4.79 Å². The number of amides is 1. The number of para-hydroxylation sites is 2. The number of carbonyl (C=O) groups is 1. The molecule has 0 atom stereocenters. The Morgan fingerprint density at radius 3 is 2.19 bits per heavy atom. The molecule has 1 amide bonds. The molecule has 0 N–H and O–H groups in total. The van der Waals surface area contributed by atoms with Crippen molar-refractivity contribution >= 4 is 41.6 Å². The third kappa shape index (κ3) is 4.41. The van der Waals surface area contributed by atoms with E-state index in [0.717, 1.165) is 40.8 Å². The van der Waals surface area contributed by atoms with Crippen LogP contribution < -0.4 is 4.90 Å². The minimum atomic E-state index is -0.388. The lowest BCUT2D eigenvalue weighted by Gasteiger charge is -2.29. The van der Waals surface area contributed by atoms with Crippen LogP contribution in [0.4, 0.5) is 16.2 Å². The lowest BCUT2D eigenvalue weighted by molar-refractivity contribution is 0.170. The van der Waals surface area contributed by atoms with Crippen LogP contribution in [0.15, 0.2) is 58.3 Å². The maximum Gasteiger partial charge on any atom is 0.419 e. The van der Waals surface area contributed by atoms with Gasteiger partial charge in [0.2, 0.25) is 0 Å². The first-order valence-corrected chi connectivity index (χ1v) is 9.65. The monoisotopic (exact) mass is 400 g/mol. The summed E-state index contributed by atoms with van der Waals surface area (Å²) in [6.07, 6.45) is 2.12. The quantitative estimate of drug-likeness (QED) is 0.668. The Morgan fingerprint density at radius 2 is 1.56 bits per heavy atom.